The van der Waals surface area contributed by atoms with E-state index >= 15 is 0 Å². The van der Waals surface area contributed by atoms with Crippen LogP contribution in [0.15, 0.2) is 41.3 Å². The molecule has 1 aliphatic rings. The highest BCUT2D eigenvalue weighted by Gasteiger charge is 2.22. The summed E-state index contributed by atoms with van der Waals surface area (Å²) in [6.07, 6.45) is 0. The van der Waals surface area contributed by atoms with Crippen molar-refractivity contribution in [3.63, 3.8) is 0 Å². The Labute approximate surface area is 116 Å². The minimum absolute atomic E-state index is 0.965. The standard InChI is InChI=1S/C16H14N2S/c1-10-7-11(2)18-15(8-10)17-13-9-19-14-6-4-3-5-12(14)16(13)18/h3-8H,9H2,1-2H3. The van der Waals surface area contributed by atoms with Gasteiger partial charge < -0.3 is 0 Å². The first kappa shape index (κ1) is 11.1. The summed E-state index contributed by atoms with van der Waals surface area (Å²) in [7, 11) is 0. The molecule has 0 saturated heterocycles. The van der Waals surface area contributed by atoms with Crippen LogP contribution in [0.3, 0.4) is 0 Å². The van der Waals surface area contributed by atoms with Crippen molar-refractivity contribution >= 4 is 17.4 Å². The molecule has 2 aromatic heterocycles. The normalized spacial score (nSPS) is 13.4. The quantitative estimate of drug-likeness (QED) is 0.606. The number of hydrogen-bond acceptors (Lipinski definition) is 2. The van der Waals surface area contributed by atoms with Crippen molar-refractivity contribution in [1.82, 2.24) is 9.38 Å². The fourth-order valence-electron chi connectivity index (χ4n) is 2.89. The van der Waals surface area contributed by atoms with Gasteiger partial charge in [0.15, 0.2) is 0 Å². The van der Waals surface area contributed by atoms with Crippen LogP contribution in [0.4, 0.5) is 0 Å². The SMILES string of the molecule is Cc1cc(C)n2c3c(nc2c1)CSc1ccccc1-3. The van der Waals surface area contributed by atoms with E-state index in [-0.39, 0.29) is 0 Å². The van der Waals surface area contributed by atoms with Gasteiger partial charge in [-0.2, -0.15) is 0 Å². The second kappa shape index (κ2) is 3.87. The lowest BCUT2D eigenvalue weighted by molar-refractivity contribution is 1.08. The fourth-order valence-corrected chi connectivity index (χ4v) is 3.88. The van der Waals surface area contributed by atoms with Gasteiger partial charge in [0.2, 0.25) is 0 Å². The number of aromatic nitrogens is 2. The molecule has 0 aliphatic carbocycles. The summed E-state index contributed by atoms with van der Waals surface area (Å²) in [5.74, 6) is 0.965. The monoisotopic (exact) mass is 266 g/mol. The summed E-state index contributed by atoms with van der Waals surface area (Å²) in [5, 5.41) is 0. The summed E-state index contributed by atoms with van der Waals surface area (Å²) in [5.41, 5.74) is 7.39. The molecular formula is C16H14N2S. The molecule has 0 atom stereocenters. The highest BCUT2D eigenvalue weighted by Crippen LogP contribution is 2.41. The third kappa shape index (κ3) is 1.55. The molecule has 3 aromatic rings. The first-order valence-corrected chi connectivity index (χ1v) is 7.43. The van der Waals surface area contributed by atoms with Gasteiger partial charge in [0.05, 0.1) is 11.4 Å². The van der Waals surface area contributed by atoms with Crippen LogP contribution >= 0.6 is 11.8 Å². The summed E-state index contributed by atoms with van der Waals surface area (Å²) in [4.78, 5) is 6.17. The highest BCUT2D eigenvalue weighted by atomic mass is 32.2. The lowest BCUT2D eigenvalue weighted by Crippen LogP contribution is -1.99. The third-order valence-corrected chi connectivity index (χ3v) is 4.71. The van der Waals surface area contributed by atoms with Crippen LogP contribution in [-0.2, 0) is 5.75 Å². The van der Waals surface area contributed by atoms with E-state index in [2.05, 4.69) is 54.6 Å². The summed E-state index contributed by atoms with van der Waals surface area (Å²) >= 11 is 1.88. The van der Waals surface area contributed by atoms with E-state index in [0.29, 0.717) is 0 Å². The number of fused-ring (bicyclic) bond motifs is 5. The molecule has 0 fully saturated rings. The average molecular weight is 266 g/mol. The van der Waals surface area contributed by atoms with E-state index in [9.17, 15) is 0 Å². The van der Waals surface area contributed by atoms with Crippen LogP contribution in [0.1, 0.15) is 17.0 Å². The molecule has 3 heteroatoms. The van der Waals surface area contributed by atoms with Crippen molar-refractivity contribution in [2.24, 2.45) is 0 Å². The van der Waals surface area contributed by atoms with E-state index in [4.69, 9.17) is 4.98 Å². The summed E-state index contributed by atoms with van der Waals surface area (Å²) in [6.45, 7) is 4.29. The molecule has 3 heterocycles. The number of imidazole rings is 1. The van der Waals surface area contributed by atoms with Crippen molar-refractivity contribution in [2.75, 3.05) is 0 Å². The van der Waals surface area contributed by atoms with Gasteiger partial charge in [-0.3, -0.25) is 4.40 Å². The smallest absolute Gasteiger partial charge is 0.138 e. The summed E-state index contributed by atoms with van der Waals surface area (Å²) < 4.78 is 2.29. The Balaban J connectivity index is 2.15. The van der Waals surface area contributed by atoms with E-state index in [1.54, 1.807) is 0 Å². The van der Waals surface area contributed by atoms with Gasteiger partial charge in [0.1, 0.15) is 5.65 Å². The Morgan fingerprint density at radius 2 is 2.00 bits per heavy atom. The molecule has 0 saturated carbocycles. The van der Waals surface area contributed by atoms with Gasteiger partial charge in [0.25, 0.3) is 0 Å². The van der Waals surface area contributed by atoms with Crippen LogP contribution in [0.2, 0.25) is 0 Å². The maximum atomic E-state index is 4.82. The number of hydrogen-bond donors (Lipinski definition) is 0. The van der Waals surface area contributed by atoms with Gasteiger partial charge in [0, 0.05) is 21.9 Å². The zero-order valence-electron chi connectivity index (χ0n) is 11.0. The lowest BCUT2D eigenvalue weighted by atomic mass is 10.1. The van der Waals surface area contributed by atoms with E-state index in [0.717, 1.165) is 11.4 Å². The van der Waals surface area contributed by atoms with Crippen LogP contribution in [-0.4, -0.2) is 9.38 Å². The van der Waals surface area contributed by atoms with E-state index in [1.165, 1.54) is 33.1 Å². The Morgan fingerprint density at radius 3 is 2.89 bits per heavy atom. The van der Waals surface area contributed by atoms with Crippen molar-refractivity contribution in [2.45, 2.75) is 24.5 Å². The minimum atomic E-state index is 0.965. The first-order chi connectivity index (χ1) is 9.24. The van der Waals surface area contributed by atoms with E-state index < -0.39 is 0 Å². The topological polar surface area (TPSA) is 17.3 Å². The van der Waals surface area contributed by atoms with Gasteiger partial charge >= 0.3 is 0 Å². The van der Waals surface area contributed by atoms with Crippen molar-refractivity contribution in [3.8, 4) is 11.3 Å². The lowest BCUT2D eigenvalue weighted by Gasteiger charge is -2.16. The number of thioether (sulfide) groups is 1. The molecule has 1 aliphatic heterocycles. The highest BCUT2D eigenvalue weighted by molar-refractivity contribution is 7.98. The first-order valence-electron chi connectivity index (χ1n) is 6.45. The Kier molecular flexibility index (Phi) is 2.27. The third-order valence-electron chi connectivity index (χ3n) is 3.63. The van der Waals surface area contributed by atoms with Crippen LogP contribution in [0.25, 0.3) is 16.9 Å². The van der Waals surface area contributed by atoms with E-state index in [1.807, 2.05) is 11.8 Å². The van der Waals surface area contributed by atoms with Gasteiger partial charge in [-0.25, -0.2) is 4.98 Å². The Bertz CT molecular complexity index is 802. The predicted octanol–water partition coefficient (Wildman–Crippen LogP) is 4.22. The number of benzene rings is 1. The molecule has 0 N–H and O–H groups in total. The van der Waals surface area contributed by atoms with Crippen molar-refractivity contribution < 1.29 is 0 Å². The second-order valence-electron chi connectivity index (χ2n) is 5.06. The van der Waals surface area contributed by atoms with Gasteiger partial charge in [-0.05, 0) is 37.6 Å². The molecule has 1 aromatic carbocycles. The Morgan fingerprint density at radius 1 is 1.16 bits per heavy atom. The molecule has 19 heavy (non-hydrogen) atoms. The Hall–Kier alpha value is -1.74. The molecule has 0 amide bonds. The van der Waals surface area contributed by atoms with Gasteiger partial charge in [-0.1, -0.05) is 18.2 Å². The molecule has 0 spiro atoms. The molecule has 94 valence electrons. The van der Waals surface area contributed by atoms with Crippen LogP contribution in [0, 0.1) is 13.8 Å². The number of nitrogens with zero attached hydrogens (tertiary/aromatic N) is 2. The minimum Gasteiger partial charge on any atom is -0.297 e. The zero-order valence-corrected chi connectivity index (χ0v) is 11.8. The van der Waals surface area contributed by atoms with Crippen molar-refractivity contribution in [1.29, 1.82) is 0 Å². The molecular weight excluding hydrogens is 252 g/mol. The van der Waals surface area contributed by atoms with Gasteiger partial charge in [-0.15, -0.1) is 11.8 Å². The molecule has 0 bridgehead atoms. The van der Waals surface area contributed by atoms with Crippen LogP contribution < -0.4 is 0 Å². The summed E-state index contributed by atoms with van der Waals surface area (Å²) in [6, 6.07) is 13.0. The average Bonchev–Trinajstić information content (AvgIpc) is 2.77. The largest absolute Gasteiger partial charge is 0.297 e. The molecule has 0 unspecified atom stereocenters. The maximum absolute atomic E-state index is 4.82. The molecule has 2 nitrogen and oxygen atoms in total. The zero-order chi connectivity index (χ0) is 13.0. The predicted molar refractivity (Wildman–Crippen MR) is 79.7 cm³/mol. The van der Waals surface area contributed by atoms with Crippen LogP contribution in [0.5, 0.6) is 0 Å². The number of aryl methyl sites for hydroxylation is 2. The second-order valence-corrected chi connectivity index (χ2v) is 6.08. The fraction of sp³-hybridized carbons (Fsp3) is 0.188. The van der Waals surface area contributed by atoms with Crippen molar-refractivity contribution in [3.05, 3.63) is 53.3 Å². The number of pyridine rings is 1. The number of rotatable bonds is 0. The molecule has 4 rings (SSSR count). The maximum Gasteiger partial charge on any atom is 0.138 e. The molecule has 0 radical (unpaired) electrons.